The monoisotopic (exact) mass is 125 g/mol. The summed E-state index contributed by atoms with van der Waals surface area (Å²) in [5.41, 5.74) is 0. The smallest absolute Gasteiger partial charge is 0.0939 e. The molecule has 0 aliphatic rings. The van der Waals surface area contributed by atoms with Crippen molar-refractivity contribution in [3.8, 4) is 0 Å². The van der Waals surface area contributed by atoms with Gasteiger partial charge in [0.1, 0.15) is 0 Å². The summed E-state index contributed by atoms with van der Waals surface area (Å²) in [5.74, 6) is 0.834. The molecular formula is C7H11NO. The molecular weight excluding hydrogens is 114 g/mol. The minimum atomic E-state index is 0.834. The van der Waals surface area contributed by atoms with Gasteiger partial charge in [-0.1, -0.05) is 6.58 Å². The zero-order valence-electron chi connectivity index (χ0n) is 5.79. The topological polar surface area (TPSA) is 21.6 Å². The highest BCUT2D eigenvalue weighted by Crippen LogP contribution is 1.88. The van der Waals surface area contributed by atoms with E-state index in [1.54, 1.807) is 19.4 Å². The number of hydrogen-bond donors (Lipinski definition) is 0. The van der Waals surface area contributed by atoms with Gasteiger partial charge in [-0.2, -0.15) is 0 Å². The van der Waals surface area contributed by atoms with Gasteiger partial charge < -0.3 is 4.74 Å². The molecule has 50 valence electrons. The fourth-order valence-electron chi connectivity index (χ4n) is 0.277. The number of allylic oxidation sites excluding steroid dienone is 2. The largest absolute Gasteiger partial charge is 0.501 e. The van der Waals surface area contributed by atoms with Gasteiger partial charge >= 0.3 is 0 Å². The average molecular weight is 125 g/mol. The molecule has 0 saturated carbocycles. The van der Waals surface area contributed by atoms with Crippen molar-refractivity contribution in [1.29, 1.82) is 0 Å². The van der Waals surface area contributed by atoms with Gasteiger partial charge in [0, 0.05) is 12.4 Å². The van der Waals surface area contributed by atoms with E-state index in [2.05, 4.69) is 11.6 Å². The quantitative estimate of drug-likeness (QED) is 0.416. The van der Waals surface area contributed by atoms with Crippen molar-refractivity contribution in [2.45, 2.75) is 6.92 Å². The van der Waals surface area contributed by atoms with Crippen LogP contribution >= 0.6 is 0 Å². The summed E-state index contributed by atoms with van der Waals surface area (Å²) in [5, 5.41) is 0. The molecule has 0 aromatic carbocycles. The molecule has 0 unspecified atom stereocenters. The van der Waals surface area contributed by atoms with Crippen molar-refractivity contribution in [1.82, 2.24) is 0 Å². The van der Waals surface area contributed by atoms with Crippen molar-refractivity contribution >= 4 is 6.21 Å². The summed E-state index contributed by atoms with van der Waals surface area (Å²) in [6.07, 6.45) is 4.87. The minimum absolute atomic E-state index is 0.834. The third-order valence-electron chi connectivity index (χ3n) is 0.823. The molecule has 2 nitrogen and oxygen atoms in total. The van der Waals surface area contributed by atoms with Crippen LogP contribution in [0.1, 0.15) is 6.92 Å². The van der Waals surface area contributed by atoms with E-state index in [0.717, 1.165) is 5.76 Å². The van der Waals surface area contributed by atoms with Gasteiger partial charge in [-0.15, -0.1) is 0 Å². The molecule has 0 N–H and O–H groups in total. The fraction of sp³-hybridized carbons (Fsp3) is 0.286. The maximum Gasteiger partial charge on any atom is 0.0939 e. The molecule has 0 radical (unpaired) electrons. The number of aliphatic imine (C=N–C) groups is 1. The number of rotatable bonds is 3. The normalized spacial score (nSPS) is 12.0. The van der Waals surface area contributed by atoms with Crippen molar-refractivity contribution in [3.63, 3.8) is 0 Å². The highest BCUT2D eigenvalue weighted by Gasteiger charge is 1.76. The number of nitrogens with zero attached hydrogens (tertiary/aromatic N) is 1. The zero-order valence-corrected chi connectivity index (χ0v) is 5.79. The van der Waals surface area contributed by atoms with Gasteiger partial charge in [0.25, 0.3) is 0 Å². The molecule has 0 atom stereocenters. The van der Waals surface area contributed by atoms with Crippen LogP contribution in [0.4, 0.5) is 0 Å². The molecule has 0 aromatic rings. The van der Waals surface area contributed by atoms with Gasteiger partial charge in [0.2, 0.25) is 0 Å². The van der Waals surface area contributed by atoms with Gasteiger partial charge in [0.05, 0.1) is 12.9 Å². The predicted molar refractivity (Wildman–Crippen MR) is 39.5 cm³/mol. The Labute approximate surface area is 55.6 Å². The van der Waals surface area contributed by atoms with Gasteiger partial charge in [-0.3, -0.25) is 4.99 Å². The van der Waals surface area contributed by atoms with E-state index in [0.29, 0.717) is 0 Å². The maximum atomic E-state index is 4.83. The number of hydrogen-bond acceptors (Lipinski definition) is 2. The highest BCUT2D eigenvalue weighted by molar-refractivity contribution is 5.72. The molecule has 0 saturated heterocycles. The highest BCUT2D eigenvalue weighted by atomic mass is 16.5. The second-order valence-corrected chi connectivity index (χ2v) is 1.46. The molecule has 9 heavy (non-hydrogen) atoms. The molecule has 2 heteroatoms. The molecule has 0 amide bonds. The molecule has 0 fully saturated rings. The molecule has 0 aliphatic carbocycles. The lowest BCUT2D eigenvalue weighted by molar-refractivity contribution is 0.294. The minimum Gasteiger partial charge on any atom is -0.501 e. The Hall–Kier alpha value is -1.05. The van der Waals surface area contributed by atoms with Crippen molar-refractivity contribution in [3.05, 3.63) is 24.6 Å². The summed E-state index contributed by atoms with van der Waals surface area (Å²) in [4.78, 5) is 3.74. The van der Waals surface area contributed by atoms with Crippen LogP contribution < -0.4 is 0 Å². The molecule has 0 heterocycles. The molecule has 0 spiro atoms. The van der Waals surface area contributed by atoms with E-state index in [4.69, 9.17) is 4.74 Å². The third kappa shape index (κ3) is 4.81. The Bertz CT molecular complexity index is 136. The van der Waals surface area contributed by atoms with E-state index < -0.39 is 0 Å². The molecule has 0 bridgehead atoms. The Kier molecular flexibility index (Phi) is 4.50. The predicted octanol–water partition coefficient (Wildman–Crippen LogP) is 1.75. The van der Waals surface area contributed by atoms with Gasteiger partial charge in [0.15, 0.2) is 0 Å². The lowest BCUT2D eigenvalue weighted by Gasteiger charge is -1.92. The molecule has 0 rings (SSSR count). The maximum absolute atomic E-state index is 4.83. The fourth-order valence-corrected chi connectivity index (χ4v) is 0.277. The van der Waals surface area contributed by atoms with Crippen LogP contribution in [0.3, 0.4) is 0 Å². The van der Waals surface area contributed by atoms with Crippen LogP contribution in [0.15, 0.2) is 29.6 Å². The Morgan fingerprint density at radius 3 is 2.78 bits per heavy atom. The van der Waals surface area contributed by atoms with E-state index in [1.165, 1.54) is 6.20 Å². The number of ether oxygens (including phenoxy) is 1. The van der Waals surface area contributed by atoms with Crippen molar-refractivity contribution in [2.75, 3.05) is 7.11 Å². The van der Waals surface area contributed by atoms with Crippen LogP contribution in [0, 0.1) is 0 Å². The van der Waals surface area contributed by atoms with Crippen LogP contribution in [-0.4, -0.2) is 13.3 Å². The Morgan fingerprint density at radius 1 is 1.67 bits per heavy atom. The lowest BCUT2D eigenvalue weighted by Crippen LogP contribution is -1.78. The first kappa shape index (κ1) is 7.95. The van der Waals surface area contributed by atoms with Crippen LogP contribution in [0.5, 0.6) is 0 Å². The standard InChI is InChI=1S/C7H11NO/c1-4-8-6-5-7(2)9-3/h4-6H,1H2,2-3H3/b7-5+,8-6?. The molecule has 0 aromatic heterocycles. The van der Waals surface area contributed by atoms with Crippen LogP contribution in [0.2, 0.25) is 0 Å². The third-order valence-corrected chi connectivity index (χ3v) is 0.823. The zero-order chi connectivity index (χ0) is 7.11. The molecule has 0 aliphatic heterocycles. The Morgan fingerprint density at radius 2 is 2.33 bits per heavy atom. The summed E-state index contributed by atoms with van der Waals surface area (Å²) in [6.45, 7) is 5.27. The summed E-state index contributed by atoms with van der Waals surface area (Å²) in [6, 6.07) is 0. The second kappa shape index (κ2) is 5.09. The van der Waals surface area contributed by atoms with Crippen molar-refractivity contribution in [2.24, 2.45) is 4.99 Å². The van der Waals surface area contributed by atoms with Gasteiger partial charge in [-0.25, -0.2) is 0 Å². The first-order chi connectivity index (χ1) is 4.31. The first-order valence-corrected chi connectivity index (χ1v) is 2.66. The van der Waals surface area contributed by atoms with E-state index >= 15 is 0 Å². The van der Waals surface area contributed by atoms with E-state index in [9.17, 15) is 0 Å². The van der Waals surface area contributed by atoms with Crippen molar-refractivity contribution < 1.29 is 4.74 Å². The first-order valence-electron chi connectivity index (χ1n) is 2.66. The Balaban J connectivity index is 3.67. The van der Waals surface area contributed by atoms with E-state index in [1.807, 2.05) is 6.92 Å². The average Bonchev–Trinajstić information content (AvgIpc) is 1.89. The van der Waals surface area contributed by atoms with E-state index in [-0.39, 0.29) is 0 Å². The van der Waals surface area contributed by atoms with Gasteiger partial charge in [-0.05, 0) is 13.0 Å². The second-order valence-electron chi connectivity index (χ2n) is 1.46. The summed E-state index contributed by atoms with van der Waals surface area (Å²) in [7, 11) is 1.62. The summed E-state index contributed by atoms with van der Waals surface area (Å²) >= 11 is 0. The SMILES string of the molecule is C=CN=C/C=C(\C)OC. The summed E-state index contributed by atoms with van der Waals surface area (Å²) < 4.78 is 4.83. The van der Waals surface area contributed by atoms with Crippen LogP contribution in [0.25, 0.3) is 0 Å². The number of methoxy groups -OCH3 is 1. The lowest BCUT2D eigenvalue weighted by atomic mass is 10.5. The van der Waals surface area contributed by atoms with Crippen LogP contribution in [-0.2, 0) is 4.74 Å².